The largest absolute Gasteiger partial charge is 0.481 e. The van der Waals surface area contributed by atoms with Gasteiger partial charge in [-0.25, -0.2) is 13.1 Å². The lowest BCUT2D eigenvalue weighted by Crippen LogP contribution is -2.55. The van der Waals surface area contributed by atoms with Crippen molar-refractivity contribution >= 4 is 21.9 Å². The molecule has 0 bridgehead atoms. The predicted octanol–water partition coefficient (Wildman–Crippen LogP) is 1.89. The summed E-state index contributed by atoms with van der Waals surface area (Å²) in [5, 5.41) is 12.3. The number of sulfonamides is 1. The molecule has 0 aromatic heterocycles. The van der Waals surface area contributed by atoms with Crippen LogP contribution in [0.5, 0.6) is 0 Å². The van der Waals surface area contributed by atoms with Gasteiger partial charge in [0, 0.05) is 11.6 Å². The molecule has 0 radical (unpaired) electrons. The summed E-state index contributed by atoms with van der Waals surface area (Å²) in [4.78, 5) is 24.2. The topological polar surface area (TPSA) is 113 Å². The summed E-state index contributed by atoms with van der Waals surface area (Å²) in [6.45, 7) is 1.77. The Kier molecular flexibility index (Phi) is 5.07. The number of rotatable bonds is 6. The van der Waals surface area contributed by atoms with E-state index in [0.29, 0.717) is 18.4 Å². The van der Waals surface area contributed by atoms with Gasteiger partial charge in [-0.05, 0) is 56.9 Å². The van der Waals surface area contributed by atoms with Gasteiger partial charge in [0.1, 0.15) is 0 Å². The highest BCUT2D eigenvalue weighted by Crippen LogP contribution is 2.34. The van der Waals surface area contributed by atoms with Crippen LogP contribution in [-0.4, -0.2) is 37.0 Å². The van der Waals surface area contributed by atoms with E-state index in [4.69, 9.17) is 0 Å². The number of amides is 1. The molecule has 0 spiro atoms. The van der Waals surface area contributed by atoms with Crippen LogP contribution in [-0.2, 0) is 14.8 Å². The molecule has 2 aliphatic rings. The molecule has 1 aromatic rings. The van der Waals surface area contributed by atoms with Crippen LogP contribution >= 0.6 is 0 Å². The fraction of sp³-hybridized carbons (Fsp3) is 0.556. The SMILES string of the molecule is CC1(NC(=O)c2ccc(S(=O)(=O)NC3CC3)cc2)CCCCC1C(=O)O. The molecular formula is C18H24N2O5S. The zero-order valence-corrected chi connectivity index (χ0v) is 15.5. The third-order valence-electron chi connectivity index (χ3n) is 5.23. The predicted molar refractivity (Wildman–Crippen MR) is 95.3 cm³/mol. The highest BCUT2D eigenvalue weighted by molar-refractivity contribution is 7.89. The van der Waals surface area contributed by atoms with E-state index < -0.39 is 27.4 Å². The van der Waals surface area contributed by atoms with Crippen molar-refractivity contribution in [3.05, 3.63) is 29.8 Å². The second kappa shape index (κ2) is 7.00. The van der Waals surface area contributed by atoms with Crippen LogP contribution in [0.4, 0.5) is 0 Å². The van der Waals surface area contributed by atoms with Crippen molar-refractivity contribution in [2.24, 2.45) is 5.92 Å². The second-order valence-corrected chi connectivity index (χ2v) is 9.14. The average Bonchev–Trinajstić information content (AvgIpc) is 3.38. The lowest BCUT2D eigenvalue weighted by atomic mass is 9.73. The molecule has 2 atom stereocenters. The summed E-state index contributed by atoms with van der Waals surface area (Å²) in [6.07, 6.45) is 4.54. The third kappa shape index (κ3) is 4.07. The molecular weight excluding hydrogens is 356 g/mol. The second-order valence-electron chi connectivity index (χ2n) is 7.43. The molecule has 2 fully saturated rings. The number of hydrogen-bond donors (Lipinski definition) is 3. The number of carbonyl (C=O) groups excluding carboxylic acids is 1. The van der Waals surface area contributed by atoms with E-state index in [1.54, 1.807) is 6.92 Å². The van der Waals surface area contributed by atoms with Crippen LogP contribution < -0.4 is 10.0 Å². The Hall–Kier alpha value is -1.93. The molecule has 1 amide bonds. The van der Waals surface area contributed by atoms with E-state index in [1.807, 2.05) is 0 Å². The van der Waals surface area contributed by atoms with Crippen molar-refractivity contribution in [1.29, 1.82) is 0 Å². The van der Waals surface area contributed by atoms with Gasteiger partial charge in [-0.3, -0.25) is 9.59 Å². The van der Waals surface area contributed by atoms with E-state index in [-0.39, 0.29) is 16.8 Å². The molecule has 0 aliphatic heterocycles. The van der Waals surface area contributed by atoms with Gasteiger partial charge in [0.15, 0.2) is 0 Å². The zero-order valence-electron chi connectivity index (χ0n) is 14.7. The first-order chi connectivity index (χ1) is 12.2. The van der Waals surface area contributed by atoms with Crippen LogP contribution in [0.3, 0.4) is 0 Å². The maximum Gasteiger partial charge on any atom is 0.308 e. The lowest BCUT2D eigenvalue weighted by molar-refractivity contribution is -0.145. The molecule has 0 saturated heterocycles. The number of carbonyl (C=O) groups is 2. The Labute approximate surface area is 153 Å². The summed E-state index contributed by atoms with van der Waals surface area (Å²) in [6, 6.07) is 5.73. The Balaban J connectivity index is 1.72. The highest BCUT2D eigenvalue weighted by Gasteiger charge is 2.42. The van der Waals surface area contributed by atoms with Gasteiger partial charge in [0.2, 0.25) is 10.0 Å². The molecule has 2 unspecified atom stereocenters. The van der Waals surface area contributed by atoms with Gasteiger partial charge in [-0.1, -0.05) is 12.8 Å². The smallest absolute Gasteiger partial charge is 0.308 e. The molecule has 2 saturated carbocycles. The molecule has 7 nitrogen and oxygen atoms in total. The molecule has 142 valence electrons. The normalized spacial score (nSPS) is 26.3. The summed E-state index contributed by atoms with van der Waals surface area (Å²) in [5.74, 6) is -1.91. The molecule has 3 rings (SSSR count). The molecule has 8 heteroatoms. The monoisotopic (exact) mass is 380 g/mol. The summed E-state index contributed by atoms with van der Waals surface area (Å²) in [5.41, 5.74) is -0.495. The number of benzene rings is 1. The van der Waals surface area contributed by atoms with Crippen LogP contribution in [0.1, 0.15) is 55.8 Å². The van der Waals surface area contributed by atoms with Gasteiger partial charge < -0.3 is 10.4 Å². The van der Waals surface area contributed by atoms with E-state index in [0.717, 1.165) is 25.7 Å². The molecule has 3 N–H and O–H groups in total. The fourth-order valence-corrected chi connectivity index (χ4v) is 4.79. The fourth-order valence-electron chi connectivity index (χ4n) is 3.48. The number of hydrogen-bond acceptors (Lipinski definition) is 4. The van der Waals surface area contributed by atoms with Crippen LogP contribution in [0, 0.1) is 5.92 Å². The summed E-state index contributed by atoms with van der Waals surface area (Å²) in [7, 11) is -3.56. The van der Waals surface area contributed by atoms with E-state index in [1.165, 1.54) is 24.3 Å². The third-order valence-corrected chi connectivity index (χ3v) is 6.77. The minimum atomic E-state index is -3.56. The first-order valence-electron chi connectivity index (χ1n) is 8.89. The van der Waals surface area contributed by atoms with E-state index in [9.17, 15) is 23.1 Å². The van der Waals surface area contributed by atoms with Gasteiger partial charge in [0.05, 0.1) is 16.4 Å². The maximum atomic E-state index is 12.6. The number of carboxylic acid groups (broad SMARTS) is 1. The summed E-state index contributed by atoms with van der Waals surface area (Å²) < 4.78 is 26.9. The van der Waals surface area contributed by atoms with Crippen molar-refractivity contribution in [1.82, 2.24) is 10.0 Å². The van der Waals surface area contributed by atoms with Crippen LogP contribution in [0.2, 0.25) is 0 Å². The van der Waals surface area contributed by atoms with Gasteiger partial charge in [0.25, 0.3) is 5.91 Å². The molecule has 0 heterocycles. The Morgan fingerprint density at radius 1 is 1.12 bits per heavy atom. The van der Waals surface area contributed by atoms with Crippen molar-refractivity contribution in [2.75, 3.05) is 0 Å². The number of carboxylic acids is 1. The molecule has 2 aliphatic carbocycles. The molecule has 1 aromatic carbocycles. The Morgan fingerprint density at radius 3 is 2.35 bits per heavy atom. The van der Waals surface area contributed by atoms with Crippen molar-refractivity contribution in [3.8, 4) is 0 Å². The van der Waals surface area contributed by atoms with Gasteiger partial charge in [-0.2, -0.15) is 0 Å². The molecule has 26 heavy (non-hydrogen) atoms. The Morgan fingerprint density at radius 2 is 1.77 bits per heavy atom. The van der Waals surface area contributed by atoms with E-state index >= 15 is 0 Å². The van der Waals surface area contributed by atoms with Crippen LogP contribution in [0.15, 0.2) is 29.2 Å². The van der Waals surface area contributed by atoms with Crippen molar-refractivity contribution < 1.29 is 23.1 Å². The van der Waals surface area contributed by atoms with Crippen molar-refractivity contribution in [3.63, 3.8) is 0 Å². The Bertz CT molecular complexity index is 801. The number of nitrogens with one attached hydrogen (secondary N) is 2. The van der Waals surface area contributed by atoms with Crippen molar-refractivity contribution in [2.45, 2.75) is 61.9 Å². The van der Waals surface area contributed by atoms with Gasteiger partial charge >= 0.3 is 5.97 Å². The van der Waals surface area contributed by atoms with Gasteiger partial charge in [-0.15, -0.1) is 0 Å². The quantitative estimate of drug-likeness (QED) is 0.698. The zero-order chi connectivity index (χ0) is 18.9. The average molecular weight is 380 g/mol. The standard InChI is InChI=1S/C18H24N2O5S/c1-18(11-3-2-4-15(18)17(22)23)19-16(21)12-5-9-14(10-6-12)26(24,25)20-13-7-8-13/h5-6,9-10,13,15,20H,2-4,7-8,11H2,1H3,(H,19,21)(H,22,23). The number of aliphatic carboxylic acids is 1. The lowest BCUT2D eigenvalue weighted by Gasteiger charge is -2.39. The van der Waals surface area contributed by atoms with Crippen LogP contribution in [0.25, 0.3) is 0 Å². The highest BCUT2D eigenvalue weighted by atomic mass is 32.2. The minimum absolute atomic E-state index is 0.0159. The minimum Gasteiger partial charge on any atom is -0.481 e. The first-order valence-corrected chi connectivity index (χ1v) is 10.4. The maximum absolute atomic E-state index is 12.6. The summed E-state index contributed by atoms with van der Waals surface area (Å²) >= 11 is 0. The first kappa shape index (κ1) is 18.8. The van der Waals surface area contributed by atoms with E-state index in [2.05, 4.69) is 10.0 Å².